The molecule has 1 aromatic carbocycles. The summed E-state index contributed by atoms with van der Waals surface area (Å²) in [7, 11) is 4.66. The molecule has 0 radical (unpaired) electrons. The van der Waals surface area contributed by atoms with Gasteiger partial charge in [-0.25, -0.2) is 0 Å². The van der Waals surface area contributed by atoms with E-state index in [2.05, 4.69) is 5.32 Å². The second kappa shape index (κ2) is 6.47. The highest BCUT2D eigenvalue weighted by Gasteiger charge is 2.25. The van der Waals surface area contributed by atoms with Crippen molar-refractivity contribution in [3.05, 3.63) is 17.7 Å². The van der Waals surface area contributed by atoms with E-state index in [-0.39, 0.29) is 0 Å². The van der Waals surface area contributed by atoms with Crippen LogP contribution in [0.15, 0.2) is 12.1 Å². The summed E-state index contributed by atoms with van der Waals surface area (Å²) in [6.07, 6.45) is 0. The average molecular weight is 282 g/mol. The van der Waals surface area contributed by atoms with Gasteiger partial charge < -0.3 is 19.9 Å². The van der Waals surface area contributed by atoms with Crippen LogP contribution in [0.1, 0.15) is 19.4 Å². The average Bonchev–Trinajstić information content (AvgIpc) is 2.43. The topological polar surface area (TPSA) is 82.8 Å². The Labute approximate surface area is 119 Å². The minimum atomic E-state index is -0.807. The Hall–Kier alpha value is -1.95. The van der Waals surface area contributed by atoms with Gasteiger partial charge in [-0.1, -0.05) is 6.07 Å². The van der Waals surface area contributed by atoms with E-state index < -0.39 is 11.4 Å². The molecular formula is C14H22N2O4. The van der Waals surface area contributed by atoms with Gasteiger partial charge in [-0.15, -0.1) is 0 Å². The van der Waals surface area contributed by atoms with Gasteiger partial charge in [-0.3, -0.25) is 10.1 Å². The Morgan fingerprint density at radius 1 is 1.15 bits per heavy atom. The van der Waals surface area contributed by atoms with E-state index in [0.29, 0.717) is 23.8 Å². The predicted molar refractivity (Wildman–Crippen MR) is 76.2 cm³/mol. The molecule has 1 aromatic rings. The number of hydrogen-bond acceptors (Lipinski definition) is 5. The number of amides is 1. The fourth-order valence-electron chi connectivity index (χ4n) is 1.71. The molecule has 112 valence electrons. The van der Waals surface area contributed by atoms with Crippen LogP contribution in [0.25, 0.3) is 0 Å². The molecule has 0 bridgehead atoms. The van der Waals surface area contributed by atoms with Crippen LogP contribution in [0.5, 0.6) is 17.2 Å². The first-order chi connectivity index (χ1) is 9.37. The summed E-state index contributed by atoms with van der Waals surface area (Å²) in [5.74, 6) is 1.25. The van der Waals surface area contributed by atoms with Crippen LogP contribution in [0.3, 0.4) is 0 Å². The van der Waals surface area contributed by atoms with Crippen molar-refractivity contribution in [2.45, 2.75) is 25.9 Å². The van der Waals surface area contributed by atoms with Gasteiger partial charge in [0.1, 0.15) is 0 Å². The number of carbonyl (C=O) groups excluding carboxylic acids is 1. The SMILES string of the molecule is COc1ccc(CNC(C)(C)C(N)=O)c(OC)c1OC. The lowest BCUT2D eigenvalue weighted by Crippen LogP contribution is -2.50. The highest BCUT2D eigenvalue weighted by Crippen LogP contribution is 2.39. The molecule has 0 saturated carbocycles. The van der Waals surface area contributed by atoms with Gasteiger partial charge in [-0.05, 0) is 19.9 Å². The third kappa shape index (κ3) is 3.33. The summed E-state index contributed by atoms with van der Waals surface area (Å²) >= 11 is 0. The molecule has 0 aliphatic heterocycles. The second-order valence-corrected chi connectivity index (χ2v) is 4.84. The fraction of sp³-hybridized carbons (Fsp3) is 0.500. The lowest BCUT2D eigenvalue weighted by molar-refractivity contribution is -0.123. The highest BCUT2D eigenvalue weighted by atomic mass is 16.5. The van der Waals surface area contributed by atoms with E-state index in [4.69, 9.17) is 19.9 Å². The molecule has 3 N–H and O–H groups in total. The largest absolute Gasteiger partial charge is 0.493 e. The van der Waals surface area contributed by atoms with Gasteiger partial charge in [0.15, 0.2) is 11.5 Å². The van der Waals surface area contributed by atoms with Crippen molar-refractivity contribution < 1.29 is 19.0 Å². The Bertz CT molecular complexity index is 486. The summed E-state index contributed by atoms with van der Waals surface area (Å²) in [6.45, 7) is 3.87. The van der Waals surface area contributed by atoms with E-state index in [1.807, 2.05) is 6.07 Å². The molecule has 0 spiro atoms. The molecule has 0 atom stereocenters. The molecule has 0 saturated heterocycles. The molecule has 0 aliphatic carbocycles. The van der Waals surface area contributed by atoms with Crippen LogP contribution in [0.2, 0.25) is 0 Å². The van der Waals surface area contributed by atoms with Gasteiger partial charge in [0.2, 0.25) is 11.7 Å². The first-order valence-corrected chi connectivity index (χ1v) is 6.20. The van der Waals surface area contributed by atoms with Gasteiger partial charge in [-0.2, -0.15) is 0 Å². The third-order valence-electron chi connectivity index (χ3n) is 3.12. The molecule has 1 rings (SSSR count). The standard InChI is InChI=1S/C14H22N2O4/c1-14(2,13(15)17)16-8-9-6-7-10(18-3)12(20-5)11(9)19-4/h6-7,16H,8H2,1-5H3,(H2,15,17). The number of ether oxygens (including phenoxy) is 3. The monoisotopic (exact) mass is 282 g/mol. The molecule has 0 heterocycles. The molecule has 6 heteroatoms. The van der Waals surface area contributed by atoms with E-state index in [9.17, 15) is 4.79 Å². The molecule has 1 amide bonds. The van der Waals surface area contributed by atoms with Gasteiger partial charge in [0.05, 0.1) is 26.9 Å². The van der Waals surface area contributed by atoms with Crippen molar-refractivity contribution in [3.63, 3.8) is 0 Å². The first-order valence-electron chi connectivity index (χ1n) is 6.20. The number of rotatable bonds is 7. The van der Waals surface area contributed by atoms with Crippen molar-refractivity contribution in [1.29, 1.82) is 0 Å². The molecule has 6 nitrogen and oxygen atoms in total. The minimum absolute atomic E-state index is 0.416. The van der Waals surface area contributed by atoms with Gasteiger partial charge in [0.25, 0.3) is 0 Å². The number of nitrogens with one attached hydrogen (secondary N) is 1. The van der Waals surface area contributed by atoms with Crippen molar-refractivity contribution in [1.82, 2.24) is 5.32 Å². The van der Waals surface area contributed by atoms with E-state index in [1.54, 1.807) is 41.2 Å². The number of methoxy groups -OCH3 is 3. The Kier molecular flexibility index (Phi) is 5.21. The summed E-state index contributed by atoms with van der Waals surface area (Å²) < 4.78 is 15.9. The highest BCUT2D eigenvalue weighted by molar-refractivity contribution is 5.83. The van der Waals surface area contributed by atoms with Crippen molar-refractivity contribution in [2.24, 2.45) is 5.73 Å². The third-order valence-corrected chi connectivity index (χ3v) is 3.12. The maximum absolute atomic E-state index is 11.3. The molecule has 20 heavy (non-hydrogen) atoms. The van der Waals surface area contributed by atoms with Crippen LogP contribution in [0.4, 0.5) is 0 Å². The van der Waals surface area contributed by atoms with E-state index >= 15 is 0 Å². The fourth-order valence-corrected chi connectivity index (χ4v) is 1.71. The molecule has 0 unspecified atom stereocenters. The van der Waals surface area contributed by atoms with Gasteiger partial charge in [0, 0.05) is 12.1 Å². The number of nitrogens with two attached hydrogens (primary N) is 1. The summed E-state index contributed by atoms with van der Waals surface area (Å²) in [5, 5.41) is 3.09. The van der Waals surface area contributed by atoms with Crippen molar-refractivity contribution in [2.75, 3.05) is 21.3 Å². The normalized spacial score (nSPS) is 11.1. The number of benzene rings is 1. The lowest BCUT2D eigenvalue weighted by Gasteiger charge is -2.23. The zero-order valence-electron chi connectivity index (χ0n) is 12.6. The van der Waals surface area contributed by atoms with Gasteiger partial charge >= 0.3 is 0 Å². The molecule has 0 aromatic heterocycles. The zero-order chi connectivity index (χ0) is 15.3. The quantitative estimate of drug-likeness (QED) is 0.781. The van der Waals surface area contributed by atoms with E-state index in [1.165, 1.54) is 0 Å². The van der Waals surface area contributed by atoms with E-state index in [0.717, 1.165) is 5.56 Å². The minimum Gasteiger partial charge on any atom is -0.493 e. The molecule has 0 fully saturated rings. The predicted octanol–water partition coefficient (Wildman–Crippen LogP) is 1.07. The summed E-state index contributed by atoms with van der Waals surface area (Å²) in [5.41, 5.74) is 5.37. The maximum Gasteiger partial charge on any atom is 0.237 e. The smallest absolute Gasteiger partial charge is 0.237 e. The molecule has 0 aliphatic rings. The van der Waals surface area contributed by atoms with Crippen molar-refractivity contribution >= 4 is 5.91 Å². The maximum atomic E-state index is 11.3. The number of carbonyl (C=O) groups is 1. The van der Waals surface area contributed by atoms with Crippen LogP contribution in [-0.2, 0) is 11.3 Å². The Morgan fingerprint density at radius 3 is 2.20 bits per heavy atom. The number of primary amides is 1. The lowest BCUT2D eigenvalue weighted by atomic mass is 10.0. The summed E-state index contributed by atoms with van der Waals surface area (Å²) in [6, 6.07) is 3.64. The number of hydrogen-bond donors (Lipinski definition) is 2. The van der Waals surface area contributed by atoms with Crippen LogP contribution >= 0.6 is 0 Å². The Morgan fingerprint density at radius 2 is 1.75 bits per heavy atom. The van der Waals surface area contributed by atoms with Crippen molar-refractivity contribution in [3.8, 4) is 17.2 Å². The Balaban J connectivity index is 3.05. The first kappa shape index (κ1) is 16.1. The zero-order valence-corrected chi connectivity index (χ0v) is 12.6. The second-order valence-electron chi connectivity index (χ2n) is 4.84. The van der Waals surface area contributed by atoms with Crippen LogP contribution in [-0.4, -0.2) is 32.8 Å². The summed E-state index contributed by atoms with van der Waals surface area (Å²) in [4.78, 5) is 11.3. The van der Waals surface area contributed by atoms with Crippen LogP contribution < -0.4 is 25.3 Å². The van der Waals surface area contributed by atoms with Crippen LogP contribution in [0, 0.1) is 0 Å². The molecular weight excluding hydrogens is 260 g/mol.